The van der Waals surface area contributed by atoms with Crippen molar-refractivity contribution in [1.29, 1.82) is 0 Å². The summed E-state index contributed by atoms with van der Waals surface area (Å²) in [5.74, 6) is 0.770. The Labute approximate surface area is 173 Å². The molecule has 5 nitrogen and oxygen atoms in total. The minimum atomic E-state index is -0.579. The monoisotopic (exact) mass is 394 g/mol. The van der Waals surface area contributed by atoms with Gasteiger partial charge in [0, 0.05) is 45.2 Å². The third-order valence-corrected chi connectivity index (χ3v) is 4.77. The van der Waals surface area contributed by atoms with Crippen molar-refractivity contribution in [1.82, 2.24) is 9.47 Å². The fourth-order valence-corrected chi connectivity index (χ4v) is 3.27. The smallest absolute Gasteiger partial charge is 0.119 e. The Bertz CT molecular complexity index is 820. The van der Waals surface area contributed by atoms with Crippen LogP contribution in [-0.4, -0.2) is 54.1 Å². The summed E-state index contributed by atoms with van der Waals surface area (Å²) in [6.45, 7) is 3.72. The molecule has 1 N–H and O–H groups in total. The van der Waals surface area contributed by atoms with Gasteiger partial charge in [0.1, 0.15) is 18.5 Å². The number of aromatic nitrogens is 1. The minimum absolute atomic E-state index is 0.262. The van der Waals surface area contributed by atoms with Crippen molar-refractivity contribution in [2.45, 2.75) is 19.2 Å². The van der Waals surface area contributed by atoms with Gasteiger partial charge in [-0.3, -0.25) is 4.90 Å². The second-order valence-corrected chi connectivity index (χ2v) is 7.12. The van der Waals surface area contributed by atoms with E-state index in [2.05, 4.69) is 52.1 Å². The van der Waals surface area contributed by atoms with Gasteiger partial charge < -0.3 is 19.1 Å². The van der Waals surface area contributed by atoms with Crippen molar-refractivity contribution in [3.8, 4) is 5.75 Å². The maximum Gasteiger partial charge on any atom is 0.119 e. The molecule has 29 heavy (non-hydrogen) atoms. The third-order valence-electron chi connectivity index (χ3n) is 4.77. The van der Waals surface area contributed by atoms with Crippen LogP contribution in [0.15, 0.2) is 79.0 Å². The molecule has 0 aliphatic rings. The van der Waals surface area contributed by atoms with Crippen LogP contribution in [0.1, 0.15) is 11.3 Å². The van der Waals surface area contributed by atoms with Crippen LogP contribution in [0.5, 0.6) is 5.75 Å². The molecule has 0 aliphatic heterocycles. The predicted octanol–water partition coefficient (Wildman–Crippen LogP) is 3.42. The highest BCUT2D eigenvalue weighted by Gasteiger charge is 2.15. The molecule has 0 unspecified atom stereocenters. The molecule has 0 fully saturated rings. The van der Waals surface area contributed by atoms with Gasteiger partial charge in [0.15, 0.2) is 0 Å². The molecule has 0 bridgehead atoms. The molecule has 3 rings (SSSR count). The summed E-state index contributed by atoms with van der Waals surface area (Å²) in [5.41, 5.74) is 2.48. The second kappa shape index (κ2) is 11.4. The van der Waals surface area contributed by atoms with E-state index >= 15 is 0 Å². The third kappa shape index (κ3) is 7.06. The molecule has 2 aromatic carbocycles. The number of ether oxygens (including phenoxy) is 2. The summed E-state index contributed by atoms with van der Waals surface area (Å²) in [4.78, 5) is 2.21. The van der Waals surface area contributed by atoms with Gasteiger partial charge in [0.2, 0.25) is 0 Å². The molecule has 154 valence electrons. The van der Waals surface area contributed by atoms with Crippen molar-refractivity contribution < 1.29 is 14.6 Å². The van der Waals surface area contributed by atoms with E-state index in [9.17, 15) is 5.11 Å². The van der Waals surface area contributed by atoms with E-state index in [1.54, 1.807) is 7.11 Å². The normalized spacial score (nSPS) is 12.2. The lowest BCUT2D eigenvalue weighted by molar-refractivity contribution is 0.0534. The zero-order chi connectivity index (χ0) is 20.3. The first-order chi connectivity index (χ1) is 14.2. The van der Waals surface area contributed by atoms with Crippen LogP contribution in [-0.2, 0) is 17.8 Å². The molecule has 3 aromatic rings. The Hall–Kier alpha value is -2.60. The zero-order valence-electron chi connectivity index (χ0n) is 17.0. The number of hydrogen-bond donors (Lipinski definition) is 1. The van der Waals surface area contributed by atoms with Crippen LogP contribution in [0.2, 0.25) is 0 Å². The topological polar surface area (TPSA) is 46.9 Å². The number of nitrogens with zero attached hydrogens (tertiary/aromatic N) is 2. The first kappa shape index (κ1) is 21.1. The first-order valence-corrected chi connectivity index (χ1v) is 9.99. The zero-order valence-corrected chi connectivity index (χ0v) is 17.0. The van der Waals surface area contributed by atoms with Gasteiger partial charge in [-0.15, -0.1) is 0 Å². The largest absolute Gasteiger partial charge is 0.491 e. The average molecular weight is 395 g/mol. The molecule has 0 saturated heterocycles. The lowest BCUT2D eigenvalue weighted by Gasteiger charge is -2.25. The van der Waals surface area contributed by atoms with Crippen LogP contribution in [0, 0.1) is 0 Å². The highest BCUT2D eigenvalue weighted by atomic mass is 16.5. The number of rotatable bonds is 12. The standard InChI is InChI=1S/C24H30N2O3/c1-28-16-15-25(19-23(27)20-29-24-12-6-3-7-13-24)18-22-11-8-14-26(22)17-21-9-4-2-5-10-21/h2-14,23,27H,15-20H2,1H3/t23-/m0/s1. The number of hydrogen-bond acceptors (Lipinski definition) is 4. The minimum Gasteiger partial charge on any atom is -0.491 e. The molecular weight excluding hydrogens is 364 g/mol. The Kier molecular flexibility index (Phi) is 8.31. The van der Waals surface area contributed by atoms with Crippen molar-refractivity contribution in [2.75, 3.05) is 33.4 Å². The Balaban J connectivity index is 1.58. The van der Waals surface area contributed by atoms with Crippen molar-refractivity contribution in [3.05, 3.63) is 90.3 Å². The highest BCUT2D eigenvalue weighted by Crippen LogP contribution is 2.12. The summed E-state index contributed by atoms with van der Waals surface area (Å²) in [6.07, 6.45) is 1.52. The lowest BCUT2D eigenvalue weighted by Crippen LogP contribution is -2.37. The molecule has 5 heteroatoms. The SMILES string of the molecule is COCCN(Cc1cccn1Cc1ccccc1)C[C@H](O)COc1ccccc1. The van der Waals surface area contributed by atoms with Gasteiger partial charge in [-0.2, -0.15) is 0 Å². The molecule has 1 aromatic heterocycles. The van der Waals surface area contributed by atoms with E-state index in [1.807, 2.05) is 36.4 Å². The van der Waals surface area contributed by atoms with Crippen molar-refractivity contribution in [3.63, 3.8) is 0 Å². The molecule has 1 heterocycles. The van der Waals surface area contributed by atoms with Gasteiger partial charge in [0.25, 0.3) is 0 Å². The Morgan fingerprint density at radius 1 is 0.966 bits per heavy atom. The fourth-order valence-electron chi connectivity index (χ4n) is 3.27. The van der Waals surface area contributed by atoms with E-state index in [0.717, 1.165) is 25.4 Å². The summed E-state index contributed by atoms with van der Waals surface area (Å²) < 4.78 is 13.2. The number of methoxy groups -OCH3 is 1. The Morgan fingerprint density at radius 2 is 1.69 bits per heavy atom. The summed E-state index contributed by atoms with van der Waals surface area (Å²) in [6, 6.07) is 24.2. The molecular formula is C24H30N2O3. The van der Waals surface area contributed by atoms with E-state index in [0.29, 0.717) is 13.2 Å². The van der Waals surface area contributed by atoms with Gasteiger partial charge in [-0.1, -0.05) is 48.5 Å². The molecule has 0 radical (unpaired) electrons. The Morgan fingerprint density at radius 3 is 2.41 bits per heavy atom. The summed E-state index contributed by atoms with van der Waals surface area (Å²) >= 11 is 0. The van der Waals surface area contributed by atoms with E-state index in [1.165, 1.54) is 11.3 Å². The summed E-state index contributed by atoms with van der Waals surface area (Å²) in [5, 5.41) is 10.5. The van der Waals surface area contributed by atoms with Crippen molar-refractivity contribution >= 4 is 0 Å². The fraction of sp³-hybridized carbons (Fsp3) is 0.333. The van der Waals surface area contributed by atoms with Gasteiger partial charge >= 0.3 is 0 Å². The van der Waals surface area contributed by atoms with Gasteiger partial charge in [-0.05, 0) is 29.8 Å². The van der Waals surface area contributed by atoms with Crippen LogP contribution in [0.3, 0.4) is 0 Å². The van der Waals surface area contributed by atoms with Crippen LogP contribution in [0.25, 0.3) is 0 Å². The van der Waals surface area contributed by atoms with E-state index in [4.69, 9.17) is 9.47 Å². The quantitative estimate of drug-likeness (QED) is 0.511. The van der Waals surface area contributed by atoms with E-state index in [-0.39, 0.29) is 6.61 Å². The number of para-hydroxylation sites is 1. The molecule has 0 saturated carbocycles. The number of aliphatic hydroxyl groups is 1. The predicted molar refractivity (Wildman–Crippen MR) is 115 cm³/mol. The van der Waals surface area contributed by atoms with Crippen molar-refractivity contribution in [2.24, 2.45) is 0 Å². The molecule has 0 aliphatic carbocycles. The molecule has 0 amide bonds. The molecule has 0 spiro atoms. The number of aliphatic hydroxyl groups excluding tert-OH is 1. The average Bonchev–Trinajstić information content (AvgIpc) is 3.18. The lowest BCUT2D eigenvalue weighted by atomic mass is 10.2. The van der Waals surface area contributed by atoms with Gasteiger partial charge in [-0.25, -0.2) is 0 Å². The van der Waals surface area contributed by atoms with E-state index < -0.39 is 6.10 Å². The first-order valence-electron chi connectivity index (χ1n) is 9.99. The van der Waals surface area contributed by atoms with Crippen LogP contribution < -0.4 is 4.74 Å². The number of benzene rings is 2. The van der Waals surface area contributed by atoms with Crippen LogP contribution >= 0.6 is 0 Å². The van der Waals surface area contributed by atoms with Crippen LogP contribution in [0.4, 0.5) is 0 Å². The maximum atomic E-state index is 10.5. The highest BCUT2D eigenvalue weighted by molar-refractivity contribution is 5.21. The summed E-state index contributed by atoms with van der Waals surface area (Å²) in [7, 11) is 1.70. The maximum absolute atomic E-state index is 10.5. The molecule has 1 atom stereocenters. The van der Waals surface area contributed by atoms with Gasteiger partial charge in [0.05, 0.1) is 6.61 Å². The second-order valence-electron chi connectivity index (χ2n) is 7.12.